The van der Waals surface area contributed by atoms with Gasteiger partial charge in [0.15, 0.2) is 0 Å². The molecule has 2 rings (SSSR count). The van der Waals surface area contributed by atoms with E-state index in [0.717, 1.165) is 5.56 Å². The molecule has 5 nitrogen and oxygen atoms in total. The topological polar surface area (TPSA) is 83.6 Å². The Hall–Kier alpha value is -1.88. The van der Waals surface area contributed by atoms with Crippen LogP contribution in [0.15, 0.2) is 24.3 Å². The third-order valence-electron chi connectivity index (χ3n) is 4.04. The number of carbonyl (C=O) groups is 2. The molecule has 5 heteroatoms. The minimum atomic E-state index is -0.983. The lowest BCUT2D eigenvalue weighted by Crippen LogP contribution is -2.47. The first kappa shape index (κ1) is 15.5. The molecule has 1 unspecified atom stereocenters. The van der Waals surface area contributed by atoms with Gasteiger partial charge in [-0.2, -0.15) is 0 Å². The number of carbonyl (C=O) groups excluding carboxylic acids is 1. The van der Waals surface area contributed by atoms with Crippen LogP contribution in [0.25, 0.3) is 0 Å². The molecule has 0 bridgehead atoms. The van der Waals surface area contributed by atoms with Gasteiger partial charge in [0.1, 0.15) is 6.04 Å². The first-order valence-electron chi connectivity index (χ1n) is 7.10. The monoisotopic (exact) mass is 290 g/mol. The van der Waals surface area contributed by atoms with Crippen molar-refractivity contribution in [2.75, 3.05) is 4.90 Å². The van der Waals surface area contributed by atoms with Crippen molar-refractivity contribution in [3.8, 4) is 0 Å². The van der Waals surface area contributed by atoms with Gasteiger partial charge in [0.2, 0.25) is 5.91 Å². The first-order chi connectivity index (χ1) is 9.71. The van der Waals surface area contributed by atoms with Crippen LogP contribution in [0.2, 0.25) is 0 Å². The number of fused-ring (bicyclic) bond motifs is 1. The summed E-state index contributed by atoms with van der Waals surface area (Å²) in [4.78, 5) is 25.4. The number of benzene rings is 1. The lowest BCUT2D eigenvalue weighted by atomic mass is 9.85. The molecule has 0 saturated heterocycles. The van der Waals surface area contributed by atoms with Crippen molar-refractivity contribution in [2.45, 2.75) is 45.7 Å². The fourth-order valence-corrected chi connectivity index (χ4v) is 2.48. The summed E-state index contributed by atoms with van der Waals surface area (Å²) in [6.07, 6.45) is 0.490. The zero-order chi connectivity index (χ0) is 15.8. The summed E-state index contributed by atoms with van der Waals surface area (Å²) >= 11 is 0. The Morgan fingerprint density at radius 3 is 2.57 bits per heavy atom. The largest absolute Gasteiger partial charge is 0.480 e. The fraction of sp³-hybridized carbons (Fsp3) is 0.500. The van der Waals surface area contributed by atoms with Crippen molar-refractivity contribution in [3.05, 3.63) is 29.8 Å². The third kappa shape index (κ3) is 3.08. The van der Waals surface area contributed by atoms with E-state index in [1.807, 2.05) is 39.0 Å². The summed E-state index contributed by atoms with van der Waals surface area (Å²) in [5, 5.41) is 9.37. The van der Waals surface area contributed by atoms with Crippen molar-refractivity contribution in [3.63, 3.8) is 0 Å². The summed E-state index contributed by atoms with van der Waals surface area (Å²) < 4.78 is 0. The average molecular weight is 290 g/mol. The van der Waals surface area contributed by atoms with Crippen LogP contribution in [-0.4, -0.2) is 29.1 Å². The summed E-state index contributed by atoms with van der Waals surface area (Å²) in [6.45, 7) is 5.91. The van der Waals surface area contributed by atoms with Crippen LogP contribution in [0.5, 0.6) is 0 Å². The number of nitrogens with zero attached hydrogens (tertiary/aromatic N) is 1. The molecule has 1 aromatic rings. The highest BCUT2D eigenvalue weighted by Crippen LogP contribution is 2.33. The summed E-state index contributed by atoms with van der Waals surface area (Å²) in [6, 6.07) is 6.18. The summed E-state index contributed by atoms with van der Waals surface area (Å²) in [5.74, 6) is -1.21. The Morgan fingerprint density at radius 1 is 1.38 bits per heavy atom. The van der Waals surface area contributed by atoms with Gasteiger partial charge >= 0.3 is 5.97 Å². The van der Waals surface area contributed by atoms with Crippen molar-refractivity contribution in [1.82, 2.24) is 0 Å². The second-order valence-corrected chi connectivity index (χ2v) is 6.63. The SMILES string of the molecule is CC(C)(C)C(N)CC(=O)N1c2ccccc2C[C@H]1C(=O)O. The quantitative estimate of drug-likeness (QED) is 0.889. The molecule has 114 valence electrons. The van der Waals surface area contributed by atoms with E-state index in [2.05, 4.69) is 0 Å². The Balaban J connectivity index is 2.27. The van der Waals surface area contributed by atoms with Crippen LogP contribution < -0.4 is 10.6 Å². The number of carboxylic acid groups (broad SMARTS) is 1. The number of hydrogen-bond donors (Lipinski definition) is 2. The molecular formula is C16H22N2O3. The van der Waals surface area contributed by atoms with Crippen molar-refractivity contribution in [2.24, 2.45) is 11.1 Å². The molecule has 0 aliphatic carbocycles. The Morgan fingerprint density at radius 2 is 2.00 bits per heavy atom. The molecule has 0 radical (unpaired) electrons. The van der Waals surface area contributed by atoms with E-state index in [0.29, 0.717) is 12.1 Å². The van der Waals surface area contributed by atoms with Crippen LogP contribution in [0.3, 0.4) is 0 Å². The third-order valence-corrected chi connectivity index (χ3v) is 4.04. The van der Waals surface area contributed by atoms with Gasteiger partial charge in [0, 0.05) is 24.6 Å². The normalized spacial score (nSPS) is 19.2. The highest BCUT2D eigenvalue weighted by molar-refractivity contribution is 6.02. The predicted molar refractivity (Wildman–Crippen MR) is 81.1 cm³/mol. The van der Waals surface area contributed by atoms with Crippen molar-refractivity contribution < 1.29 is 14.7 Å². The van der Waals surface area contributed by atoms with E-state index in [1.165, 1.54) is 4.90 Å². The molecule has 1 amide bonds. The average Bonchev–Trinajstić information content (AvgIpc) is 2.76. The second kappa shape index (κ2) is 5.48. The highest BCUT2D eigenvalue weighted by Gasteiger charge is 2.39. The minimum Gasteiger partial charge on any atom is -0.480 e. The maximum atomic E-state index is 12.6. The molecule has 1 aliphatic rings. The molecule has 1 aliphatic heterocycles. The minimum absolute atomic E-state index is 0.140. The first-order valence-corrected chi connectivity index (χ1v) is 7.10. The predicted octanol–water partition coefficient (Wildman–Crippen LogP) is 1.79. The Labute approximate surface area is 124 Å². The standard InChI is InChI=1S/C16H22N2O3/c1-16(2,3)13(17)9-14(19)18-11-7-5-4-6-10(11)8-12(18)15(20)21/h4-7,12-13H,8-9,17H2,1-3H3,(H,20,21)/t12-,13?/m0/s1. The number of para-hydroxylation sites is 1. The van der Waals surface area contributed by atoms with E-state index in [4.69, 9.17) is 5.73 Å². The van der Waals surface area contributed by atoms with Gasteiger partial charge in [-0.1, -0.05) is 39.0 Å². The molecule has 0 saturated carbocycles. The maximum absolute atomic E-state index is 12.6. The van der Waals surface area contributed by atoms with Gasteiger partial charge in [-0.05, 0) is 17.0 Å². The van der Waals surface area contributed by atoms with Gasteiger partial charge in [0.05, 0.1) is 0 Å². The molecule has 0 aromatic heterocycles. The molecule has 0 fully saturated rings. The number of anilines is 1. The van der Waals surface area contributed by atoms with E-state index >= 15 is 0 Å². The number of carboxylic acids is 1. The van der Waals surface area contributed by atoms with Gasteiger partial charge < -0.3 is 10.8 Å². The fourth-order valence-electron chi connectivity index (χ4n) is 2.48. The van der Waals surface area contributed by atoms with E-state index in [-0.39, 0.29) is 23.8 Å². The zero-order valence-electron chi connectivity index (χ0n) is 12.7. The second-order valence-electron chi connectivity index (χ2n) is 6.63. The van der Waals surface area contributed by atoms with Gasteiger partial charge in [-0.25, -0.2) is 4.79 Å². The molecule has 2 atom stereocenters. The van der Waals surface area contributed by atoms with Crippen molar-refractivity contribution in [1.29, 1.82) is 0 Å². The summed E-state index contributed by atoms with van der Waals surface area (Å²) in [5.41, 5.74) is 7.45. The number of amides is 1. The number of aliphatic carboxylic acids is 1. The van der Waals surface area contributed by atoms with Crippen LogP contribution in [0.4, 0.5) is 5.69 Å². The van der Waals surface area contributed by atoms with E-state index < -0.39 is 12.0 Å². The lowest BCUT2D eigenvalue weighted by molar-refractivity contribution is -0.140. The molecular weight excluding hydrogens is 268 g/mol. The zero-order valence-corrected chi connectivity index (χ0v) is 12.7. The van der Waals surface area contributed by atoms with Gasteiger partial charge in [-0.3, -0.25) is 9.69 Å². The molecule has 0 spiro atoms. The van der Waals surface area contributed by atoms with Gasteiger partial charge in [0.25, 0.3) is 0 Å². The maximum Gasteiger partial charge on any atom is 0.327 e. The van der Waals surface area contributed by atoms with Crippen molar-refractivity contribution >= 4 is 17.6 Å². The van der Waals surface area contributed by atoms with Gasteiger partial charge in [-0.15, -0.1) is 0 Å². The van der Waals surface area contributed by atoms with E-state index in [9.17, 15) is 14.7 Å². The lowest BCUT2D eigenvalue weighted by Gasteiger charge is -2.30. The summed E-state index contributed by atoms with van der Waals surface area (Å²) in [7, 11) is 0. The number of hydrogen-bond acceptors (Lipinski definition) is 3. The van der Waals surface area contributed by atoms with Crippen LogP contribution >= 0.6 is 0 Å². The highest BCUT2D eigenvalue weighted by atomic mass is 16.4. The molecule has 1 heterocycles. The molecule has 3 N–H and O–H groups in total. The Bertz CT molecular complexity index is 563. The Kier molecular flexibility index (Phi) is 4.05. The van der Waals surface area contributed by atoms with Crippen LogP contribution in [0.1, 0.15) is 32.8 Å². The molecule has 1 aromatic carbocycles. The van der Waals surface area contributed by atoms with Crippen LogP contribution in [-0.2, 0) is 16.0 Å². The number of rotatable bonds is 3. The smallest absolute Gasteiger partial charge is 0.327 e. The van der Waals surface area contributed by atoms with Crippen LogP contribution in [0, 0.1) is 5.41 Å². The van der Waals surface area contributed by atoms with E-state index in [1.54, 1.807) is 6.07 Å². The number of nitrogens with two attached hydrogens (primary N) is 1. The molecule has 21 heavy (non-hydrogen) atoms.